The maximum Gasteiger partial charge on any atom is 0.312 e. The first-order valence-corrected chi connectivity index (χ1v) is 5.46. The van der Waals surface area contributed by atoms with Crippen molar-refractivity contribution in [3.05, 3.63) is 24.3 Å². The van der Waals surface area contributed by atoms with E-state index in [2.05, 4.69) is 0 Å². The summed E-state index contributed by atoms with van der Waals surface area (Å²) in [6, 6.07) is 7.57. The fourth-order valence-electron chi connectivity index (χ4n) is 1.18. The first-order valence-electron chi connectivity index (χ1n) is 5.46. The molecule has 1 aromatic rings. The zero-order valence-electron chi connectivity index (χ0n) is 10.7. The van der Waals surface area contributed by atoms with E-state index in [1.165, 1.54) is 0 Å². The van der Waals surface area contributed by atoms with E-state index in [1.807, 2.05) is 43.3 Å². The monoisotopic (exact) mass is 237 g/mol. The third-order valence-corrected chi connectivity index (χ3v) is 2.51. The highest BCUT2D eigenvalue weighted by Gasteiger charge is 2.28. The second-order valence-electron chi connectivity index (χ2n) is 4.87. The number of benzene rings is 1. The number of carboxylic acids is 1. The van der Waals surface area contributed by atoms with E-state index in [1.54, 1.807) is 13.8 Å². The van der Waals surface area contributed by atoms with Gasteiger partial charge < -0.3 is 14.7 Å². The molecule has 1 rings (SSSR count). The van der Waals surface area contributed by atoms with E-state index in [4.69, 9.17) is 9.84 Å². The standard InChI is InChI=1S/C13H19NO3/c1-13(2,12(15)16)9-17-11-7-5-6-10(8-11)14(3)4/h5-8H,9H2,1-4H3,(H,15,16). The minimum Gasteiger partial charge on any atom is -0.492 e. The molecular weight excluding hydrogens is 218 g/mol. The minimum absolute atomic E-state index is 0.152. The Labute approximate surface area is 102 Å². The molecule has 0 aliphatic rings. The Bertz CT molecular complexity index is 399. The first kappa shape index (κ1) is 13.4. The fraction of sp³-hybridized carbons (Fsp3) is 0.462. The van der Waals surface area contributed by atoms with Gasteiger partial charge in [0, 0.05) is 25.8 Å². The van der Waals surface area contributed by atoms with Crippen molar-refractivity contribution >= 4 is 11.7 Å². The molecule has 0 unspecified atom stereocenters. The number of carbonyl (C=O) groups is 1. The van der Waals surface area contributed by atoms with Crippen molar-refractivity contribution in [1.29, 1.82) is 0 Å². The molecule has 0 amide bonds. The van der Waals surface area contributed by atoms with Crippen LogP contribution in [0.25, 0.3) is 0 Å². The molecule has 1 aromatic carbocycles. The minimum atomic E-state index is -0.881. The average molecular weight is 237 g/mol. The normalized spacial score (nSPS) is 11.1. The average Bonchev–Trinajstić information content (AvgIpc) is 2.26. The number of rotatable bonds is 5. The molecule has 94 valence electrons. The van der Waals surface area contributed by atoms with Crippen LogP contribution < -0.4 is 9.64 Å². The molecular formula is C13H19NO3. The Balaban J connectivity index is 2.70. The van der Waals surface area contributed by atoms with Gasteiger partial charge in [-0.2, -0.15) is 0 Å². The highest BCUT2D eigenvalue weighted by molar-refractivity contribution is 5.73. The number of anilines is 1. The van der Waals surface area contributed by atoms with Gasteiger partial charge in [0.15, 0.2) is 0 Å². The molecule has 4 heteroatoms. The van der Waals surface area contributed by atoms with Gasteiger partial charge in [0.05, 0.1) is 5.41 Å². The molecule has 0 heterocycles. The molecule has 0 aliphatic carbocycles. The van der Waals surface area contributed by atoms with Crippen LogP contribution in [0.5, 0.6) is 5.75 Å². The number of hydrogen-bond acceptors (Lipinski definition) is 3. The molecule has 0 spiro atoms. The Morgan fingerprint density at radius 1 is 1.41 bits per heavy atom. The van der Waals surface area contributed by atoms with Crippen LogP contribution in [0.4, 0.5) is 5.69 Å². The molecule has 17 heavy (non-hydrogen) atoms. The Morgan fingerprint density at radius 2 is 2.06 bits per heavy atom. The topological polar surface area (TPSA) is 49.8 Å². The number of ether oxygens (including phenoxy) is 1. The quantitative estimate of drug-likeness (QED) is 0.853. The van der Waals surface area contributed by atoms with Crippen LogP contribution in [0.1, 0.15) is 13.8 Å². The number of hydrogen-bond donors (Lipinski definition) is 1. The van der Waals surface area contributed by atoms with Crippen LogP contribution >= 0.6 is 0 Å². The summed E-state index contributed by atoms with van der Waals surface area (Å²) in [7, 11) is 3.89. The molecule has 0 radical (unpaired) electrons. The summed E-state index contributed by atoms with van der Waals surface area (Å²) in [6.07, 6.45) is 0. The van der Waals surface area contributed by atoms with E-state index in [0.717, 1.165) is 5.69 Å². The van der Waals surface area contributed by atoms with Crippen molar-refractivity contribution in [1.82, 2.24) is 0 Å². The second-order valence-corrected chi connectivity index (χ2v) is 4.87. The fourth-order valence-corrected chi connectivity index (χ4v) is 1.18. The lowest BCUT2D eigenvalue weighted by atomic mass is 9.95. The smallest absolute Gasteiger partial charge is 0.312 e. The van der Waals surface area contributed by atoms with E-state index in [0.29, 0.717) is 5.75 Å². The molecule has 0 saturated heterocycles. The molecule has 0 aliphatic heterocycles. The lowest BCUT2D eigenvalue weighted by Crippen LogP contribution is -2.30. The van der Waals surface area contributed by atoms with E-state index < -0.39 is 11.4 Å². The number of aliphatic carboxylic acids is 1. The van der Waals surface area contributed by atoms with Crippen molar-refractivity contribution in [3.63, 3.8) is 0 Å². The summed E-state index contributed by atoms with van der Waals surface area (Å²) in [4.78, 5) is 12.9. The van der Waals surface area contributed by atoms with E-state index in [9.17, 15) is 4.79 Å². The van der Waals surface area contributed by atoms with Crippen LogP contribution in [-0.4, -0.2) is 31.8 Å². The first-order chi connectivity index (χ1) is 7.83. The maximum absolute atomic E-state index is 10.9. The largest absolute Gasteiger partial charge is 0.492 e. The highest BCUT2D eigenvalue weighted by Crippen LogP contribution is 2.22. The van der Waals surface area contributed by atoms with Crippen LogP contribution in [0.15, 0.2) is 24.3 Å². The van der Waals surface area contributed by atoms with Gasteiger partial charge in [-0.05, 0) is 26.0 Å². The lowest BCUT2D eigenvalue weighted by molar-refractivity contribution is -0.148. The van der Waals surface area contributed by atoms with Gasteiger partial charge in [-0.15, -0.1) is 0 Å². The Hall–Kier alpha value is -1.71. The zero-order valence-corrected chi connectivity index (χ0v) is 10.7. The Kier molecular flexibility index (Phi) is 3.99. The van der Waals surface area contributed by atoms with Crippen LogP contribution in [0.2, 0.25) is 0 Å². The van der Waals surface area contributed by atoms with Gasteiger partial charge in [0.2, 0.25) is 0 Å². The summed E-state index contributed by atoms with van der Waals surface area (Å²) in [6.45, 7) is 3.44. The third kappa shape index (κ3) is 3.66. The summed E-state index contributed by atoms with van der Waals surface area (Å²) < 4.78 is 5.52. The van der Waals surface area contributed by atoms with Crippen LogP contribution in [0.3, 0.4) is 0 Å². The van der Waals surface area contributed by atoms with Crippen molar-refractivity contribution in [2.75, 3.05) is 25.6 Å². The van der Waals surface area contributed by atoms with Crippen molar-refractivity contribution in [3.8, 4) is 5.75 Å². The van der Waals surface area contributed by atoms with Crippen molar-refractivity contribution in [2.24, 2.45) is 5.41 Å². The molecule has 0 saturated carbocycles. The SMILES string of the molecule is CN(C)c1cccc(OCC(C)(C)C(=O)O)c1. The maximum atomic E-state index is 10.9. The summed E-state index contributed by atoms with van der Waals surface area (Å²) in [5, 5.41) is 8.97. The second kappa shape index (κ2) is 5.08. The van der Waals surface area contributed by atoms with Gasteiger partial charge >= 0.3 is 5.97 Å². The van der Waals surface area contributed by atoms with Crippen molar-refractivity contribution < 1.29 is 14.6 Å². The third-order valence-electron chi connectivity index (χ3n) is 2.51. The molecule has 1 N–H and O–H groups in total. The summed E-state index contributed by atoms with van der Waals surface area (Å²) in [5.74, 6) is -0.174. The lowest BCUT2D eigenvalue weighted by Gasteiger charge is -2.20. The van der Waals surface area contributed by atoms with E-state index in [-0.39, 0.29) is 6.61 Å². The molecule has 0 aromatic heterocycles. The van der Waals surface area contributed by atoms with E-state index >= 15 is 0 Å². The number of carboxylic acid groups (broad SMARTS) is 1. The van der Waals surface area contributed by atoms with Gasteiger partial charge in [-0.25, -0.2) is 0 Å². The summed E-state index contributed by atoms with van der Waals surface area (Å²) in [5.41, 5.74) is 0.143. The van der Waals surface area contributed by atoms with Gasteiger partial charge in [0.25, 0.3) is 0 Å². The van der Waals surface area contributed by atoms with Gasteiger partial charge in [-0.3, -0.25) is 4.79 Å². The van der Waals surface area contributed by atoms with Crippen molar-refractivity contribution in [2.45, 2.75) is 13.8 Å². The van der Waals surface area contributed by atoms with Gasteiger partial charge in [0.1, 0.15) is 12.4 Å². The molecule has 4 nitrogen and oxygen atoms in total. The molecule has 0 atom stereocenters. The van der Waals surface area contributed by atoms with Crippen LogP contribution in [-0.2, 0) is 4.79 Å². The van der Waals surface area contributed by atoms with Crippen LogP contribution in [0, 0.1) is 5.41 Å². The zero-order chi connectivity index (χ0) is 13.1. The predicted octanol–water partition coefficient (Wildman–Crippen LogP) is 2.24. The number of nitrogens with zero attached hydrogens (tertiary/aromatic N) is 1. The molecule has 0 bridgehead atoms. The summed E-state index contributed by atoms with van der Waals surface area (Å²) >= 11 is 0. The predicted molar refractivity (Wildman–Crippen MR) is 67.7 cm³/mol. The highest BCUT2D eigenvalue weighted by atomic mass is 16.5. The molecule has 0 fully saturated rings. The Morgan fingerprint density at radius 3 is 2.59 bits per heavy atom. The van der Waals surface area contributed by atoms with Gasteiger partial charge in [-0.1, -0.05) is 6.07 Å².